The topological polar surface area (TPSA) is 70.7 Å². The summed E-state index contributed by atoms with van der Waals surface area (Å²) in [6.07, 6.45) is 3.38. The highest BCUT2D eigenvalue weighted by Crippen LogP contribution is 2.23. The van der Waals surface area contributed by atoms with Gasteiger partial charge in [0.15, 0.2) is 5.65 Å². The zero-order valence-corrected chi connectivity index (χ0v) is 9.48. The number of aliphatic hydroxyl groups excluding tert-OH is 1. The van der Waals surface area contributed by atoms with E-state index in [1.807, 2.05) is 12.1 Å². The fourth-order valence-corrected chi connectivity index (χ4v) is 1.85. The van der Waals surface area contributed by atoms with Crippen molar-refractivity contribution in [3.05, 3.63) is 48.4 Å². The van der Waals surface area contributed by atoms with Crippen molar-refractivity contribution in [1.82, 2.24) is 14.6 Å². The Labute approximate surface area is 103 Å². The molecule has 0 saturated carbocycles. The van der Waals surface area contributed by atoms with Gasteiger partial charge in [-0.2, -0.15) is 5.10 Å². The van der Waals surface area contributed by atoms with Gasteiger partial charge in [-0.1, -0.05) is 12.1 Å². The first-order chi connectivity index (χ1) is 8.76. The van der Waals surface area contributed by atoms with Crippen LogP contribution in [0.1, 0.15) is 5.69 Å². The van der Waals surface area contributed by atoms with Crippen molar-refractivity contribution in [3.8, 4) is 16.9 Å². The third-order valence-electron chi connectivity index (χ3n) is 2.71. The van der Waals surface area contributed by atoms with Crippen LogP contribution in [0, 0.1) is 0 Å². The lowest BCUT2D eigenvalue weighted by Crippen LogP contribution is -1.90. The van der Waals surface area contributed by atoms with Gasteiger partial charge in [0.1, 0.15) is 5.75 Å². The molecule has 1 aromatic carbocycles. The number of imidazole rings is 1. The van der Waals surface area contributed by atoms with E-state index in [4.69, 9.17) is 5.11 Å². The summed E-state index contributed by atoms with van der Waals surface area (Å²) < 4.78 is 1.61. The average molecular weight is 241 g/mol. The van der Waals surface area contributed by atoms with E-state index in [1.54, 1.807) is 35.1 Å². The van der Waals surface area contributed by atoms with Crippen LogP contribution < -0.4 is 0 Å². The maximum Gasteiger partial charge on any atom is 0.154 e. The maximum absolute atomic E-state index is 9.46. The van der Waals surface area contributed by atoms with Crippen LogP contribution in [0.2, 0.25) is 0 Å². The molecule has 0 amide bonds. The highest BCUT2D eigenvalue weighted by atomic mass is 16.3. The minimum atomic E-state index is -0.106. The average Bonchev–Trinajstić information content (AvgIpc) is 2.80. The van der Waals surface area contributed by atoms with Gasteiger partial charge >= 0.3 is 0 Å². The van der Waals surface area contributed by atoms with E-state index in [2.05, 4.69) is 10.1 Å². The number of rotatable bonds is 2. The fraction of sp³-hybridized carbons (Fsp3) is 0.0769. The number of aliphatic hydroxyl groups is 1. The Morgan fingerprint density at radius 2 is 2.06 bits per heavy atom. The molecule has 5 nitrogen and oxygen atoms in total. The molecule has 18 heavy (non-hydrogen) atoms. The van der Waals surface area contributed by atoms with E-state index in [0.717, 1.165) is 11.1 Å². The van der Waals surface area contributed by atoms with Crippen LogP contribution in [0.3, 0.4) is 0 Å². The van der Waals surface area contributed by atoms with Gasteiger partial charge in [-0.05, 0) is 23.8 Å². The molecular formula is C13H11N3O2. The van der Waals surface area contributed by atoms with Crippen molar-refractivity contribution in [2.75, 3.05) is 0 Å². The third-order valence-corrected chi connectivity index (χ3v) is 2.71. The van der Waals surface area contributed by atoms with Crippen LogP contribution in [0.5, 0.6) is 5.75 Å². The summed E-state index contributed by atoms with van der Waals surface area (Å²) in [4.78, 5) is 4.23. The Bertz CT molecular complexity index is 706. The number of phenolic OH excluding ortho intramolecular Hbond substituents is 1. The minimum Gasteiger partial charge on any atom is -0.508 e. The third kappa shape index (κ3) is 1.80. The summed E-state index contributed by atoms with van der Waals surface area (Å²) in [6, 6.07) is 8.82. The molecule has 0 bridgehead atoms. The second kappa shape index (κ2) is 4.12. The molecule has 3 rings (SSSR count). The molecule has 5 heteroatoms. The maximum atomic E-state index is 9.46. The summed E-state index contributed by atoms with van der Waals surface area (Å²) in [5, 5.41) is 22.7. The Hall–Kier alpha value is -2.40. The second-order valence-corrected chi connectivity index (χ2v) is 3.99. The summed E-state index contributed by atoms with van der Waals surface area (Å²) in [7, 11) is 0. The first-order valence-corrected chi connectivity index (χ1v) is 5.51. The lowest BCUT2D eigenvalue weighted by atomic mass is 10.1. The molecule has 0 aliphatic heterocycles. The molecule has 0 unspecified atom stereocenters. The summed E-state index contributed by atoms with van der Waals surface area (Å²) >= 11 is 0. The first-order valence-electron chi connectivity index (χ1n) is 5.51. The van der Waals surface area contributed by atoms with Gasteiger partial charge in [0.25, 0.3) is 0 Å². The predicted octanol–water partition coefficient (Wildman–Crippen LogP) is 1.59. The summed E-state index contributed by atoms with van der Waals surface area (Å²) in [5.41, 5.74) is 2.99. The highest BCUT2D eigenvalue weighted by molar-refractivity contribution is 5.67. The fourth-order valence-electron chi connectivity index (χ4n) is 1.85. The van der Waals surface area contributed by atoms with Crippen LogP contribution in [0.25, 0.3) is 16.8 Å². The molecule has 90 valence electrons. The van der Waals surface area contributed by atoms with Gasteiger partial charge in [0.05, 0.1) is 24.7 Å². The molecule has 2 N–H and O–H groups in total. The first kappa shape index (κ1) is 10.7. The van der Waals surface area contributed by atoms with Crippen LogP contribution in [0.4, 0.5) is 0 Å². The van der Waals surface area contributed by atoms with Gasteiger partial charge < -0.3 is 10.2 Å². The lowest BCUT2D eigenvalue weighted by molar-refractivity contribution is 0.277. The number of nitrogens with zero attached hydrogens (tertiary/aromatic N) is 3. The lowest BCUT2D eigenvalue weighted by Gasteiger charge is -2.02. The molecule has 0 saturated heterocycles. The Morgan fingerprint density at radius 3 is 2.83 bits per heavy atom. The predicted molar refractivity (Wildman–Crippen MR) is 66.0 cm³/mol. The second-order valence-electron chi connectivity index (χ2n) is 3.99. The SMILES string of the molecule is OCc1cn2ncc(-c3cccc(O)c3)cc2n1. The Balaban J connectivity index is 2.12. The number of aromatic hydroxyl groups is 1. The quantitative estimate of drug-likeness (QED) is 0.714. The van der Waals surface area contributed by atoms with Gasteiger partial charge in [-0.15, -0.1) is 0 Å². The van der Waals surface area contributed by atoms with Crippen molar-refractivity contribution < 1.29 is 10.2 Å². The molecule has 0 fully saturated rings. The van der Waals surface area contributed by atoms with Gasteiger partial charge in [-0.3, -0.25) is 0 Å². The zero-order valence-electron chi connectivity index (χ0n) is 9.48. The molecule has 0 aliphatic rings. The zero-order chi connectivity index (χ0) is 12.5. The molecule has 0 atom stereocenters. The molecule has 0 spiro atoms. The smallest absolute Gasteiger partial charge is 0.154 e. The largest absolute Gasteiger partial charge is 0.508 e. The van der Waals surface area contributed by atoms with Gasteiger partial charge in [0, 0.05) is 5.56 Å². The van der Waals surface area contributed by atoms with E-state index < -0.39 is 0 Å². The molecular weight excluding hydrogens is 230 g/mol. The van der Waals surface area contributed by atoms with E-state index in [-0.39, 0.29) is 12.4 Å². The number of hydrogen-bond donors (Lipinski definition) is 2. The van der Waals surface area contributed by atoms with Crippen molar-refractivity contribution in [2.45, 2.75) is 6.61 Å². The molecule has 2 heterocycles. The van der Waals surface area contributed by atoms with Crippen LogP contribution in [0.15, 0.2) is 42.7 Å². The Morgan fingerprint density at radius 1 is 1.17 bits per heavy atom. The number of benzene rings is 1. The number of fused-ring (bicyclic) bond motifs is 1. The number of hydrogen-bond acceptors (Lipinski definition) is 4. The number of aromatic nitrogens is 3. The van der Waals surface area contributed by atoms with Crippen LogP contribution in [-0.4, -0.2) is 24.8 Å². The molecule has 3 aromatic rings. The highest BCUT2D eigenvalue weighted by Gasteiger charge is 2.05. The van der Waals surface area contributed by atoms with Crippen molar-refractivity contribution in [1.29, 1.82) is 0 Å². The van der Waals surface area contributed by atoms with Crippen LogP contribution >= 0.6 is 0 Å². The van der Waals surface area contributed by atoms with Crippen molar-refractivity contribution in [2.24, 2.45) is 0 Å². The van der Waals surface area contributed by atoms with E-state index in [1.165, 1.54) is 0 Å². The van der Waals surface area contributed by atoms with E-state index in [9.17, 15) is 5.11 Å². The molecule has 0 radical (unpaired) electrons. The number of phenols is 1. The van der Waals surface area contributed by atoms with E-state index in [0.29, 0.717) is 11.3 Å². The monoisotopic (exact) mass is 241 g/mol. The molecule has 0 aliphatic carbocycles. The summed E-state index contributed by atoms with van der Waals surface area (Å²) in [6.45, 7) is -0.106. The van der Waals surface area contributed by atoms with E-state index >= 15 is 0 Å². The van der Waals surface area contributed by atoms with Crippen molar-refractivity contribution >= 4 is 5.65 Å². The minimum absolute atomic E-state index is 0.106. The van der Waals surface area contributed by atoms with Crippen LogP contribution in [-0.2, 0) is 6.61 Å². The molecule has 2 aromatic heterocycles. The van der Waals surface area contributed by atoms with Gasteiger partial charge in [0.2, 0.25) is 0 Å². The Kier molecular flexibility index (Phi) is 2.46. The standard InChI is InChI=1S/C13H11N3O2/c17-8-11-7-16-13(15-11)5-10(6-14-16)9-2-1-3-12(18)4-9/h1-7,17-18H,8H2. The summed E-state index contributed by atoms with van der Waals surface area (Å²) in [5.74, 6) is 0.215. The normalized spacial score (nSPS) is 10.9. The van der Waals surface area contributed by atoms with Gasteiger partial charge in [-0.25, -0.2) is 9.50 Å². The van der Waals surface area contributed by atoms with Crippen molar-refractivity contribution in [3.63, 3.8) is 0 Å².